The van der Waals surface area contributed by atoms with E-state index >= 15 is 0 Å². The Hall–Kier alpha value is 2.11. The summed E-state index contributed by atoms with van der Waals surface area (Å²) >= 11 is 0. The first kappa shape index (κ1) is 22.4. The molecule has 0 spiro atoms. The van der Waals surface area contributed by atoms with Gasteiger partial charge in [0, 0.05) is 0 Å². The van der Waals surface area contributed by atoms with Gasteiger partial charge in [-0.2, -0.15) is 0 Å². The summed E-state index contributed by atoms with van der Waals surface area (Å²) in [4.78, 5) is -2.00. The van der Waals surface area contributed by atoms with Gasteiger partial charge >= 0.3 is 103 Å². The molecule has 0 bridgehead atoms. The van der Waals surface area contributed by atoms with Gasteiger partial charge in [-0.3, -0.25) is 0 Å². The summed E-state index contributed by atoms with van der Waals surface area (Å²) < 4.78 is 63.9. The van der Waals surface area contributed by atoms with Gasteiger partial charge in [0.15, 0.2) is 0 Å². The molecular formula is C7H6K2O7S2. The minimum atomic E-state index is -5.04. The molecule has 0 radical (unpaired) electrons. The zero-order chi connectivity index (χ0) is 12.7. The Morgan fingerprint density at radius 3 is 1.78 bits per heavy atom. The maximum Gasteiger partial charge on any atom is 1.00 e. The van der Waals surface area contributed by atoms with Crippen LogP contribution in [0.1, 0.15) is 5.56 Å². The van der Waals surface area contributed by atoms with Crippen molar-refractivity contribution in [3.63, 3.8) is 0 Å². The fourth-order valence-electron chi connectivity index (χ4n) is 1.05. The zero-order valence-electron chi connectivity index (χ0n) is 9.87. The number of phenolic OH excluding ortho intramolecular Hbond substituents is 1. The number of rotatable bonds is 2. The number of aryl methyl sites for hydroxylation is 1. The Kier molecular flexibility index (Phi) is 9.87. The molecule has 1 aromatic rings. The van der Waals surface area contributed by atoms with Crippen molar-refractivity contribution in [3.05, 3.63) is 17.7 Å². The Balaban J connectivity index is 0. The predicted octanol–water partition coefficient (Wildman–Crippen LogP) is -6.48. The van der Waals surface area contributed by atoms with Crippen LogP contribution >= 0.6 is 0 Å². The van der Waals surface area contributed by atoms with Crippen molar-refractivity contribution in [1.82, 2.24) is 0 Å². The van der Waals surface area contributed by atoms with Gasteiger partial charge in [0.25, 0.3) is 0 Å². The number of phenols is 1. The standard InChI is InChI=1S/C7H8O7S2.2K/c1-4-2-5(15(9,10)11)3-6(7(4)8)16(12,13)14;;/h2-3,8H,1H3,(H,9,10,11)(H,12,13,14);;/q;2*+1/p-2. The van der Waals surface area contributed by atoms with Crippen LogP contribution in [0.2, 0.25) is 0 Å². The van der Waals surface area contributed by atoms with Crippen LogP contribution in [0.15, 0.2) is 21.9 Å². The molecule has 18 heavy (non-hydrogen) atoms. The van der Waals surface area contributed by atoms with Crippen LogP contribution in [-0.2, 0) is 20.2 Å². The van der Waals surface area contributed by atoms with Gasteiger partial charge < -0.3 is 14.2 Å². The van der Waals surface area contributed by atoms with Gasteiger partial charge in [0.2, 0.25) is 0 Å². The van der Waals surface area contributed by atoms with Crippen LogP contribution in [0.25, 0.3) is 0 Å². The molecule has 1 rings (SSSR count). The molecule has 1 aromatic carbocycles. The predicted molar refractivity (Wildman–Crippen MR) is 48.8 cm³/mol. The average molecular weight is 344 g/mol. The van der Waals surface area contributed by atoms with Gasteiger partial charge in [-0.1, -0.05) is 0 Å². The summed E-state index contributed by atoms with van der Waals surface area (Å²) in [6.07, 6.45) is 0. The Labute approximate surface area is 190 Å². The van der Waals surface area contributed by atoms with Crippen molar-refractivity contribution in [2.75, 3.05) is 0 Å². The number of hydrogen-bond acceptors (Lipinski definition) is 7. The van der Waals surface area contributed by atoms with Crippen LogP contribution in [0.5, 0.6) is 5.75 Å². The summed E-state index contributed by atoms with van der Waals surface area (Å²) in [6.45, 7) is 1.17. The van der Waals surface area contributed by atoms with E-state index in [2.05, 4.69) is 0 Å². The minimum Gasteiger partial charge on any atom is -0.744 e. The molecule has 0 unspecified atom stereocenters. The van der Waals surface area contributed by atoms with E-state index in [-0.39, 0.29) is 108 Å². The minimum absolute atomic E-state index is 0. The van der Waals surface area contributed by atoms with Crippen LogP contribution in [0, 0.1) is 6.92 Å². The molecule has 1 N–H and O–H groups in total. The zero-order valence-corrected chi connectivity index (χ0v) is 17.7. The number of aromatic hydroxyl groups is 1. The van der Waals surface area contributed by atoms with Crippen molar-refractivity contribution >= 4 is 20.2 Å². The van der Waals surface area contributed by atoms with Gasteiger partial charge in [-0.05, 0) is 24.6 Å². The van der Waals surface area contributed by atoms with E-state index in [4.69, 9.17) is 0 Å². The SMILES string of the molecule is Cc1cc(S(=O)(=O)[O-])cc(S(=O)(=O)[O-])c1O.[K+].[K+]. The first-order chi connectivity index (χ1) is 7.03. The summed E-state index contributed by atoms with van der Waals surface area (Å²) in [5, 5.41) is 9.25. The van der Waals surface area contributed by atoms with Gasteiger partial charge in [-0.25, -0.2) is 16.8 Å². The summed E-state index contributed by atoms with van der Waals surface area (Å²) in [5.41, 5.74) is -0.189. The molecule has 0 saturated carbocycles. The molecule has 7 nitrogen and oxygen atoms in total. The third-order valence-corrected chi connectivity index (χ3v) is 3.46. The molecule has 0 amide bonds. The topological polar surface area (TPSA) is 135 Å². The van der Waals surface area contributed by atoms with E-state index in [0.717, 1.165) is 6.07 Å². The molecule has 0 aliphatic heterocycles. The van der Waals surface area contributed by atoms with Crippen LogP contribution < -0.4 is 103 Å². The smallest absolute Gasteiger partial charge is 0.744 e. The molecule has 0 fully saturated rings. The van der Waals surface area contributed by atoms with Crippen molar-refractivity contribution < 1.29 is 134 Å². The molecule has 0 atom stereocenters. The Morgan fingerprint density at radius 1 is 1.00 bits per heavy atom. The van der Waals surface area contributed by atoms with Crippen LogP contribution in [-0.4, -0.2) is 31.0 Å². The second kappa shape index (κ2) is 7.93. The van der Waals surface area contributed by atoms with Gasteiger partial charge in [-0.15, -0.1) is 0 Å². The normalized spacial score (nSPS) is 11.3. The van der Waals surface area contributed by atoms with Gasteiger partial charge in [0.05, 0.1) is 9.79 Å². The average Bonchev–Trinajstić information content (AvgIpc) is 2.05. The van der Waals surface area contributed by atoms with Gasteiger partial charge in [0.1, 0.15) is 26.0 Å². The number of hydrogen-bond donors (Lipinski definition) is 1. The van der Waals surface area contributed by atoms with Crippen LogP contribution in [0.3, 0.4) is 0 Å². The molecular weight excluding hydrogens is 338 g/mol. The Morgan fingerprint density at radius 2 is 1.44 bits per heavy atom. The van der Waals surface area contributed by atoms with E-state index in [1.165, 1.54) is 6.92 Å². The summed E-state index contributed by atoms with van der Waals surface area (Å²) in [7, 11) is -9.93. The maximum atomic E-state index is 10.7. The van der Waals surface area contributed by atoms with E-state index in [9.17, 15) is 31.0 Å². The largest absolute Gasteiger partial charge is 1.00 e. The van der Waals surface area contributed by atoms with Crippen LogP contribution in [0.4, 0.5) is 0 Å². The fraction of sp³-hybridized carbons (Fsp3) is 0.143. The molecule has 11 heteroatoms. The summed E-state index contributed by atoms with van der Waals surface area (Å²) in [6, 6.07) is 1.12. The monoisotopic (exact) mass is 344 g/mol. The van der Waals surface area contributed by atoms with E-state index in [0.29, 0.717) is 6.07 Å². The van der Waals surface area contributed by atoms with E-state index in [1.54, 1.807) is 0 Å². The molecule has 0 aliphatic carbocycles. The van der Waals surface area contributed by atoms with Crippen molar-refractivity contribution in [2.24, 2.45) is 0 Å². The van der Waals surface area contributed by atoms with Crippen molar-refractivity contribution in [1.29, 1.82) is 0 Å². The van der Waals surface area contributed by atoms with E-state index in [1.807, 2.05) is 0 Å². The fourth-order valence-corrected chi connectivity index (χ4v) is 2.38. The first-order valence-corrected chi connectivity index (χ1v) is 6.60. The number of benzene rings is 1. The van der Waals surface area contributed by atoms with E-state index < -0.39 is 35.8 Å². The Bertz CT molecular complexity index is 636. The molecule has 0 heterocycles. The van der Waals surface area contributed by atoms with Crippen molar-refractivity contribution in [2.45, 2.75) is 16.7 Å². The molecule has 90 valence electrons. The maximum absolute atomic E-state index is 10.7. The molecule has 0 aromatic heterocycles. The quantitative estimate of drug-likeness (QED) is 0.416. The summed E-state index contributed by atoms with van der Waals surface area (Å²) in [5.74, 6) is -0.859. The molecule has 0 saturated heterocycles. The second-order valence-corrected chi connectivity index (χ2v) is 5.72. The molecule has 0 aliphatic rings. The van der Waals surface area contributed by atoms with Crippen molar-refractivity contribution in [3.8, 4) is 5.75 Å². The first-order valence-electron chi connectivity index (χ1n) is 3.79. The second-order valence-electron chi connectivity index (χ2n) is 3.00. The third-order valence-electron chi connectivity index (χ3n) is 1.80. The third kappa shape index (κ3) is 5.85.